The van der Waals surface area contributed by atoms with E-state index >= 15 is 0 Å². The maximum absolute atomic E-state index is 12.1. The van der Waals surface area contributed by atoms with Crippen LogP contribution in [0.25, 0.3) is 0 Å². The van der Waals surface area contributed by atoms with Crippen LogP contribution in [0.4, 0.5) is 4.39 Å². The molecule has 0 radical (unpaired) electrons. The van der Waals surface area contributed by atoms with E-state index in [1.54, 1.807) is 0 Å². The SMILES string of the molecule is CC(C)CNC=O.CN1CC[C@@H](F)C1.I.[HH]. The Morgan fingerprint density at radius 2 is 2.27 bits per heavy atom. The number of carbonyl (C=O) groups excluding carboxylic acids is 1. The zero-order chi connectivity index (χ0) is 11.0. The zero-order valence-corrected chi connectivity index (χ0v) is 12.0. The summed E-state index contributed by atoms with van der Waals surface area (Å²) in [5.41, 5.74) is 0. The van der Waals surface area contributed by atoms with Crippen LogP contribution in [0.3, 0.4) is 0 Å². The molecule has 94 valence electrons. The van der Waals surface area contributed by atoms with Crippen molar-refractivity contribution >= 4 is 30.4 Å². The minimum atomic E-state index is -0.551. The van der Waals surface area contributed by atoms with Crippen molar-refractivity contribution in [2.45, 2.75) is 26.4 Å². The van der Waals surface area contributed by atoms with Crippen molar-refractivity contribution in [3.05, 3.63) is 0 Å². The lowest BCUT2D eigenvalue weighted by Gasteiger charge is -2.01. The predicted molar refractivity (Wildman–Crippen MR) is 73.4 cm³/mol. The molecule has 1 aliphatic rings. The molecule has 1 N–H and O–H groups in total. The van der Waals surface area contributed by atoms with Gasteiger partial charge in [0.2, 0.25) is 6.41 Å². The fraction of sp³-hybridized carbons (Fsp3) is 0.900. The monoisotopic (exact) mass is 334 g/mol. The molecule has 0 aromatic rings. The van der Waals surface area contributed by atoms with Crippen LogP contribution in [0.15, 0.2) is 0 Å². The Morgan fingerprint density at radius 3 is 2.40 bits per heavy atom. The lowest BCUT2D eigenvalue weighted by molar-refractivity contribution is -0.109. The van der Waals surface area contributed by atoms with E-state index in [0.29, 0.717) is 12.5 Å². The van der Waals surface area contributed by atoms with Gasteiger partial charge in [0, 0.05) is 21.1 Å². The average molecular weight is 334 g/mol. The van der Waals surface area contributed by atoms with Gasteiger partial charge in [0.25, 0.3) is 0 Å². The summed E-state index contributed by atoms with van der Waals surface area (Å²) in [5.74, 6) is 0.560. The minimum Gasteiger partial charge on any atom is -0.358 e. The standard InChI is InChI=1S/C5H10FN.C5H11NO.HI.H2/c1-7-3-2-5(6)4-7;1-5(2)3-6-4-7;;/h5H,2-4H2,1H3;4-5H,3H2,1-2H3,(H,6,7);2*1H/t5-;;;/m1.../s1. The number of hydrogen-bond donors (Lipinski definition) is 1. The van der Waals surface area contributed by atoms with Crippen molar-refractivity contribution in [1.82, 2.24) is 10.2 Å². The third-order valence-electron chi connectivity index (χ3n) is 1.94. The molecule has 1 saturated heterocycles. The Bertz CT molecular complexity index is 156. The number of nitrogens with one attached hydrogen (secondary N) is 1. The van der Waals surface area contributed by atoms with Crippen LogP contribution >= 0.6 is 24.0 Å². The number of amides is 1. The highest BCUT2D eigenvalue weighted by Crippen LogP contribution is 2.08. The molecule has 0 aliphatic carbocycles. The molecule has 1 atom stereocenters. The van der Waals surface area contributed by atoms with Crippen molar-refractivity contribution in [2.75, 3.05) is 26.7 Å². The first-order valence-electron chi connectivity index (χ1n) is 5.06. The minimum absolute atomic E-state index is 0. The topological polar surface area (TPSA) is 32.3 Å². The third-order valence-corrected chi connectivity index (χ3v) is 1.94. The van der Waals surface area contributed by atoms with E-state index in [2.05, 4.69) is 19.2 Å². The highest BCUT2D eigenvalue weighted by molar-refractivity contribution is 14.0. The average Bonchev–Trinajstić information content (AvgIpc) is 2.47. The van der Waals surface area contributed by atoms with Crippen LogP contribution in [0.1, 0.15) is 21.7 Å². The van der Waals surface area contributed by atoms with E-state index in [1.807, 2.05) is 11.9 Å². The number of likely N-dealkylation sites (tertiary alicyclic amines) is 1. The van der Waals surface area contributed by atoms with Gasteiger partial charge in [-0.15, -0.1) is 24.0 Å². The quantitative estimate of drug-likeness (QED) is 0.632. The highest BCUT2D eigenvalue weighted by atomic mass is 127. The molecule has 0 spiro atoms. The van der Waals surface area contributed by atoms with E-state index in [4.69, 9.17) is 0 Å². The van der Waals surface area contributed by atoms with Gasteiger partial charge in [0.1, 0.15) is 6.17 Å². The van der Waals surface area contributed by atoms with Crippen molar-refractivity contribution in [3.63, 3.8) is 0 Å². The van der Waals surface area contributed by atoms with Crippen LogP contribution in [-0.2, 0) is 4.79 Å². The van der Waals surface area contributed by atoms with Gasteiger partial charge >= 0.3 is 0 Å². The van der Waals surface area contributed by atoms with E-state index in [0.717, 1.165) is 25.9 Å². The summed E-state index contributed by atoms with van der Waals surface area (Å²) in [6, 6.07) is 0. The van der Waals surface area contributed by atoms with E-state index in [-0.39, 0.29) is 25.4 Å². The molecule has 1 amide bonds. The van der Waals surface area contributed by atoms with Crippen LogP contribution in [0, 0.1) is 5.92 Å². The fourth-order valence-electron chi connectivity index (χ4n) is 1.17. The predicted octanol–water partition coefficient (Wildman–Crippen LogP) is 1.91. The van der Waals surface area contributed by atoms with Crippen molar-refractivity contribution in [3.8, 4) is 0 Å². The van der Waals surface area contributed by atoms with E-state index < -0.39 is 6.17 Å². The largest absolute Gasteiger partial charge is 0.358 e. The first-order chi connectivity index (χ1) is 6.56. The summed E-state index contributed by atoms with van der Waals surface area (Å²) >= 11 is 0. The lowest BCUT2D eigenvalue weighted by Crippen LogP contribution is -2.16. The van der Waals surface area contributed by atoms with Crippen molar-refractivity contribution < 1.29 is 10.6 Å². The maximum atomic E-state index is 12.1. The zero-order valence-electron chi connectivity index (χ0n) is 9.70. The maximum Gasteiger partial charge on any atom is 0.207 e. The third kappa shape index (κ3) is 12.0. The Labute approximate surface area is 110 Å². The Morgan fingerprint density at radius 1 is 1.67 bits per heavy atom. The van der Waals surface area contributed by atoms with Gasteiger partial charge in [-0.2, -0.15) is 0 Å². The molecule has 5 heteroatoms. The van der Waals surface area contributed by atoms with Gasteiger partial charge in [-0.1, -0.05) is 13.8 Å². The molecule has 0 unspecified atom stereocenters. The molecule has 0 bridgehead atoms. The molecule has 1 heterocycles. The highest BCUT2D eigenvalue weighted by Gasteiger charge is 2.17. The van der Waals surface area contributed by atoms with Crippen molar-refractivity contribution in [1.29, 1.82) is 0 Å². The number of nitrogens with zero attached hydrogens (tertiary/aromatic N) is 1. The Kier molecular flexibility index (Phi) is 12.4. The van der Waals surface area contributed by atoms with Gasteiger partial charge in [-0.25, -0.2) is 4.39 Å². The van der Waals surface area contributed by atoms with Crippen LogP contribution in [0.2, 0.25) is 0 Å². The molecule has 1 aliphatic heterocycles. The van der Waals surface area contributed by atoms with Crippen LogP contribution in [-0.4, -0.2) is 44.2 Å². The number of rotatable bonds is 3. The smallest absolute Gasteiger partial charge is 0.207 e. The summed E-state index contributed by atoms with van der Waals surface area (Å²) in [6.45, 7) is 6.46. The fourth-order valence-corrected chi connectivity index (χ4v) is 1.17. The number of carbonyl (C=O) groups is 1. The summed E-state index contributed by atoms with van der Waals surface area (Å²) in [6.07, 6.45) is 0.904. The molecule has 3 nitrogen and oxygen atoms in total. The summed E-state index contributed by atoms with van der Waals surface area (Å²) in [5, 5.41) is 2.57. The summed E-state index contributed by atoms with van der Waals surface area (Å²) < 4.78 is 12.1. The van der Waals surface area contributed by atoms with Crippen LogP contribution in [0.5, 0.6) is 0 Å². The van der Waals surface area contributed by atoms with Crippen LogP contribution < -0.4 is 5.32 Å². The van der Waals surface area contributed by atoms with Gasteiger partial charge in [0.05, 0.1) is 0 Å². The number of hydrogen-bond acceptors (Lipinski definition) is 2. The molecule has 15 heavy (non-hydrogen) atoms. The molecular weight excluding hydrogens is 310 g/mol. The second-order valence-electron chi connectivity index (χ2n) is 4.07. The Hall–Kier alpha value is 0.0900. The van der Waals surface area contributed by atoms with Gasteiger partial charge < -0.3 is 10.2 Å². The Balaban J connectivity index is -0.000000188. The normalized spacial score (nSPS) is 20.2. The molecule has 0 aromatic carbocycles. The molecular formula is C10H24FIN2O. The second kappa shape index (κ2) is 10.6. The first kappa shape index (κ1) is 17.5. The molecule has 0 saturated carbocycles. The second-order valence-corrected chi connectivity index (χ2v) is 4.07. The van der Waals surface area contributed by atoms with Crippen molar-refractivity contribution in [2.24, 2.45) is 5.92 Å². The number of halogens is 2. The summed E-state index contributed by atoms with van der Waals surface area (Å²) in [7, 11) is 1.94. The van der Waals surface area contributed by atoms with E-state index in [9.17, 15) is 9.18 Å². The van der Waals surface area contributed by atoms with E-state index in [1.165, 1.54) is 0 Å². The van der Waals surface area contributed by atoms with Gasteiger partial charge in [0.15, 0.2) is 0 Å². The van der Waals surface area contributed by atoms with Gasteiger partial charge in [-0.05, 0) is 19.4 Å². The first-order valence-corrected chi connectivity index (χ1v) is 5.06. The molecule has 0 aromatic heterocycles. The molecule has 1 rings (SSSR count). The number of alkyl halides is 1. The lowest BCUT2D eigenvalue weighted by atomic mass is 10.2. The molecule has 1 fully saturated rings. The van der Waals surface area contributed by atoms with Gasteiger partial charge in [-0.3, -0.25) is 4.79 Å². The summed E-state index contributed by atoms with van der Waals surface area (Å²) in [4.78, 5) is 11.6.